The zero-order valence-electron chi connectivity index (χ0n) is 19.6. The summed E-state index contributed by atoms with van der Waals surface area (Å²) in [5.41, 5.74) is 2.70. The molecule has 0 radical (unpaired) electrons. The van der Waals surface area contributed by atoms with Gasteiger partial charge in [-0.05, 0) is 37.6 Å². The van der Waals surface area contributed by atoms with Crippen molar-refractivity contribution in [2.24, 2.45) is 15.5 Å². The van der Waals surface area contributed by atoms with E-state index < -0.39 is 6.10 Å². The predicted molar refractivity (Wildman–Crippen MR) is 128 cm³/mol. The Bertz CT molecular complexity index is 987. The van der Waals surface area contributed by atoms with Crippen LogP contribution in [0.4, 0.5) is 0 Å². The second kappa shape index (κ2) is 13.5. The van der Waals surface area contributed by atoms with Crippen LogP contribution in [0, 0.1) is 0 Å². The summed E-state index contributed by atoms with van der Waals surface area (Å²) in [5.74, 6) is 0.404. The lowest BCUT2D eigenvalue weighted by Crippen LogP contribution is -2.29. The van der Waals surface area contributed by atoms with Crippen LogP contribution in [0.2, 0.25) is 0 Å². The first kappa shape index (κ1) is 25.4. The Morgan fingerprint density at radius 2 is 1.76 bits per heavy atom. The number of nitrogens with zero attached hydrogens (tertiary/aromatic N) is 3. The Kier molecular flexibility index (Phi) is 10.4. The lowest BCUT2D eigenvalue weighted by atomic mass is 9.99. The van der Waals surface area contributed by atoms with Gasteiger partial charge in [-0.15, -0.1) is 0 Å². The van der Waals surface area contributed by atoms with Crippen molar-refractivity contribution in [3.05, 3.63) is 65.2 Å². The van der Waals surface area contributed by atoms with Crippen molar-refractivity contribution in [2.45, 2.75) is 26.4 Å². The molecule has 176 valence electrons. The molecule has 0 fully saturated rings. The number of nitrogens with one attached hydrogen (secondary N) is 1. The smallest absolute Gasteiger partial charge is 0.273 e. The van der Waals surface area contributed by atoms with E-state index in [1.54, 1.807) is 12.1 Å². The molecule has 2 aromatic carbocycles. The number of oxime groups is 3. The van der Waals surface area contributed by atoms with Crippen LogP contribution in [0.5, 0.6) is 5.75 Å². The van der Waals surface area contributed by atoms with Crippen LogP contribution in [0.15, 0.2) is 64.0 Å². The van der Waals surface area contributed by atoms with Crippen molar-refractivity contribution < 1.29 is 24.0 Å². The minimum Gasteiger partial charge on any atom is -0.494 e. The lowest BCUT2D eigenvalue weighted by Gasteiger charge is -2.15. The van der Waals surface area contributed by atoms with E-state index in [-0.39, 0.29) is 11.6 Å². The highest BCUT2D eigenvalue weighted by atomic mass is 16.6. The maximum absolute atomic E-state index is 12.3. The number of rotatable bonds is 12. The van der Waals surface area contributed by atoms with E-state index in [4.69, 9.17) is 19.2 Å². The first-order valence-corrected chi connectivity index (χ1v) is 10.5. The summed E-state index contributed by atoms with van der Waals surface area (Å²) in [6, 6.07) is 14.7. The van der Waals surface area contributed by atoms with Crippen LogP contribution in [0.3, 0.4) is 0 Å². The fraction of sp³-hybridized carbons (Fsp3) is 0.333. The van der Waals surface area contributed by atoms with Gasteiger partial charge in [-0.1, -0.05) is 46.7 Å². The van der Waals surface area contributed by atoms with Crippen molar-refractivity contribution in [2.75, 3.05) is 27.9 Å². The highest BCUT2D eigenvalue weighted by Crippen LogP contribution is 2.22. The number of amides is 1. The third kappa shape index (κ3) is 7.34. The molecule has 0 bridgehead atoms. The Morgan fingerprint density at radius 1 is 1.06 bits per heavy atom. The van der Waals surface area contributed by atoms with Gasteiger partial charge in [0.05, 0.1) is 12.8 Å². The van der Waals surface area contributed by atoms with Gasteiger partial charge in [-0.3, -0.25) is 4.79 Å². The van der Waals surface area contributed by atoms with E-state index in [0.717, 1.165) is 23.3 Å². The molecule has 0 saturated heterocycles. The molecular formula is C24H30N4O5. The molecule has 9 heteroatoms. The minimum absolute atomic E-state index is 0.141. The monoisotopic (exact) mass is 454 g/mol. The van der Waals surface area contributed by atoms with Crippen molar-refractivity contribution in [3.8, 4) is 5.75 Å². The van der Waals surface area contributed by atoms with Crippen LogP contribution in [-0.2, 0) is 19.3 Å². The molecule has 9 nitrogen and oxygen atoms in total. The number of hydrogen-bond acceptors (Lipinski definition) is 8. The molecule has 0 aromatic heterocycles. The molecule has 0 heterocycles. The quantitative estimate of drug-likeness (QED) is 0.389. The van der Waals surface area contributed by atoms with Gasteiger partial charge < -0.3 is 24.6 Å². The molecule has 1 N–H and O–H groups in total. The minimum atomic E-state index is -0.488. The number of likely N-dealkylation sites (N-methyl/N-ethyl adjacent to an activating group) is 1. The molecule has 0 spiro atoms. The molecule has 1 amide bonds. The van der Waals surface area contributed by atoms with E-state index in [0.29, 0.717) is 17.9 Å². The standard InChI is InChI=1S/C24H30N4O5/c1-6-15-32-19-13-11-18(12-14-19)22(27-30-4)16-26-33-17(2)20-9-7-8-10-21(20)23(28-31-5)24(29)25-3/h7-14,16-17H,6,15H2,1-5H3,(H,25,29). The fourth-order valence-corrected chi connectivity index (χ4v) is 2.91. The van der Waals surface area contributed by atoms with E-state index in [1.807, 2.05) is 43.3 Å². The summed E-state index contributed by atoms with van der Waals surface area (Å²) in [6.07, 6.45) is 1.91. The van der Waals surface area contributed by atoms with Gasteiger partial charge in [0.1, 0.15) is 31.8 Å². The summed E-state index contributed by atoms with van der Waals surface area (Å²) in [6.45, 7) is 4.53. The van der Waals surface area contributed by atoms with Crippen LogP contribution in [0.1, 0.15) is 43.1 Å². The SMILES string of the molecule is CCCOc1ccc(C(C=NOC(C)c2ccccc2C(=NOC)C(=O)NC)=NOC)cc1. The number of carbonyl (C=O) groups is 1. The maximum atomic E-state index is 12.3. The molecule has 2 aromatic rings. The van der Waals surface area contributed by atoms with Gasteiger partial charge in [-0.2, -0.15) is 0 Å². The average molecular weight is 455 g/mol. The van der Waals surface area contributed by atoms with Crippen molar-refractivity contribution in [1.29, 1.82) is 0 Å². The summed E-state index contributed by atoms with van der Waals surface area (Å²) in [7, 11) is 4.37. The summed E-state index contributed by atoms with van der Waals surface area (Å²) in [5, 5.41) is 14.5. The third-order valence-corrected chi connectivity index (χ3v) is 4.49. The van der Waals surface area contributed by atoms with Gasteiger partial charge in [-0.25, -0.2) is 0 Å². The largest absolute Gasteiger partial charge is 0.494 e. The summed E-state index contributed by atoms with van der Waals surface area (Å²) in [4.78, 5) is 27.7. The number of hydrogen-bond donors (Lipinski definition) is 1. The summed E-state index contributed by atoms with van der Waals surface area (Å²) < 4.78 is 5.61. The van der Waals surface area contributed by atoms with E-state index in [2.05, 4.69) is 27.7 Å². The van der Waals surface area contributed by atoms with Gasteiger partial charge in [0.15, 0.2) is 5.71 Å². The van der Waals surface area contributed by atoms with Crippen LogP contribution in [0.25, 0.3) is 0 Å². The van der Waals surface area contributed by atoms with Crippen molar-refractivity contribution >= 4 is 23.5 Å². The molecular weight excluding hydrogens is 424 g/mol. The van der Waals surface area contributed by atoms with Crippen LogP contribution < -0.4 is 10.1 Å². The van der Waals surface area contributed by atoms with Gasteiger partial charge in [0, 0.05) is 23.7 Å². The van der Waals surface area contributed by atoms with Crippen molar-refractivity contribution in [3.63, 3.8) is 0 Å². The van der Waals surface area contributed by atoms with Gasteiger partial charge in [0.25, 0.3) is 5.91 Å². The highest BCUT2D eigenvalue weighted by molar-refractivity contribution is 6.45. The normalized spacial score (nSPS) is 12.9. The maximum Gasteiger partial charge on any atom is 0.273 e. The Labute approximate surface area is 194 Å². The number of benzene rings is 2. The highest BCUT2D eigenvalue weighted by Gasteiger charge is 2.21. The Hall–Kier alpha value is -3.88. The number of ether oxygens (including phenoxy) is 1. The molecule has 0 aliphatic carbocycles. The molecule has 1 unspecified atom stereocenters. The lowest BCUT2D eigenvalue weighted by molar-refractivity contribution is -0.114. The first-order valence-electron chi connectivity index (χ1n) is 10.5. The topological polar surface area (TPSA) is 103 Å². The number of carbonyl (C=O) groups excluding carboxylic acids is 1. The first-order chi connectivity index (χ1) is 16.0. The van der Waals surface area contributed by atoms with Crippen LogP contribution >= 0.6 is 0 Å². The van der Waals surface area contributed by atoms with Crippen LogP contribution in [-0.4, -0.2) is 51.4 Å². The summed E-state index contributed by atoms with van der Waals surface area (Å²) >= 11 is 0. The zero-order chi connectivity index (χ0) is 24.1. The van der Waals surface area contributed by atoms with E-state index in [9.17, 15) is 4.79 Å². The predicted octanol–water partition coefficient (Wildman–Crippen LogP) is 3.69. The third-order valence-electron chi connectivity index (χ3n) is 4.49. The van der Waals surface area contributed by atoms with E-state index in [1.165, 1.54) is 27.5 Å². The van der Waals surface area contributed by atoms with Crippen molar-refractivity contribution in [1.82, 2.24) is 5.32 Å². The second-order valence-corrected chi connectivity index (χ2v) is 6.80. The molecule has 0 aliphatic rings. The molecule has 0 saturated carbocycles. The molecule has 33 heavy (non-hydrogen) atoms. The molecule has 0 aliphatic heterocycles. The second-order valence-electron chi connectivity index (χ2n) is 6.80. The average Bonchev–Trinajstić information content (AvgIpc) is 2.85. The fourth-order valence-electron chi connectivity index (χ4n) is 2.91. The van der Waals surface area contributed by atoms with Gasteiger partial charge >= 0.3 is 0 Å². The Morgan fingerprint density at radius 3 is 2.39 bits per heavy atom. The Balaban J connectivity index is 2.19. The molecule has 1 atom stereocenters. The van der Waals surface area contributed by atoms with Gasteiger partial charge in [0.2, 0.25) is 0 Å². The zero-order valence-corrected chi connectivity index (χ0v) is 19.6. The van der Waals surface area contributed by atoms with E-state index >= 15 is 0 Å². The molecule has 2 rings (SSSR count).